The lowest BCUT2D eigenvalue weighted by Gasteiger charge is -2.38. The highest BCUT2D eigenvalue weighted by Crippen LogP contribution is 2.44. The molecule has 0 bridgehead atoms. The van der Waals surface area contributed by atoms with Crippen LogP contribution in [0.1, 0.15) is 101 Å². The predicted octanol–water partition coefficient (Wildman–Crippen LogP) is 8.07. The lowest BCUT2D eigenvalue weighted by Crippen LogP contribution is -2.25. The number of halogens is 1. The zero-order valence-electron chi connectivity index (χ0n) is 17.3. The summed E-state index contributed by atoms with van der Waals surface area (Å²) < 4.78 is 11.9. The van der Waals surface area contributed by atoms with E-state index in [0.717, 1.165) is 36.2 Å². The monoisotopic (exact) mass is 381 g/mol. The first-order valence-electron chi connectivity index (χ1n) is 11.6. The van der Waals surface area contributed by atoms with E-state index in [1.54, 1.807) is 6.08 Å². The van der Waals surface area contributed by atoms with Gasteiger partial charge in [-0.3, -0.25) is 0 Å². The molecule has 0 saturated heterocycles. The maximum Gasteiger partial charge on any atom is 0.0991 e. The van der Waals surface area contributed by atoms with Crippen LogP contribution in [0.25, 0.3) is 0 Å². The van der Waals surface area contributed by atoms with Crippen LogP contribution < -0.4 is 0 Å². The molecular formula is C26H36FN. The number of hydrogen-bond acceptors (Lipinski definition) is 1. The first-order chi connectivity index (χ1) is 13.8. The van der Waals surface area contributed by atoms with Crippen LogP contribution in [0.3, 0.4) is 0 Å². The van der Waals surface area contributed by atoms with E-state index in [1.807, 2.05) is 12.1 Å². The Kier molecular flexibility index (Phi) is 8.59. The molecule has 0 atom stereocenters. The van der Waals surface area contributed by atoms with Gasteiger partial charge in [0.25, 0.3) is 0 Å². The van der Waals surface area contributed by atoms with Crippen LogP contribution in [0, 0.1) is 29.1 Å². The van der Waals surface area contributed by atoms with Crippen LogP contribution in [0.5, 0.6) is 0 Å². The number of nitriles is 1. The summed E-state index contributed by atoms with van der Waals surface area (Å²) in [6.07, 6.45) is 19.5. The Balaban J connectivity index is 1.33. The van der Waals surface area contributed by atoms with Crippen molar-refractivity contribution in [2.45, 2.75) is 89.4 Å². The molecule has 0 aromatic heterocycles. The molecule has 0 radical (unpaired) electrons. The smallest absolute Gasteiger partial charge is 0.0991 e. The second-order valence-electron chi connectivity index (χ2n) is 9.13. The lowest BCUT2D eigenvalue weighted by atomic mass is 9.68. The van der Waals surface area contributed by atoms with Gasteiger partial charge < -0.3 is 0 Å². The molecule has 1 aromatic rings. The van der Waals surface area contributed by atoms with Gasteiger partial charge in [0, 0.05) is 0 Å². The van der Waals surface area contributed by atoms with Crippen molar-refractivity contribution in [1.29, 1.82) is 5.26 Å². The summed E-state index contributed by atoms with van der Waals surface area (Å²) in [4.78, 5) is 0. The minimum absolute atomic E-state index is 0.680. The molecule has 0 unspecified atom stereocenters. The average Bonchev–Trinajstić information content (AvgIpc) is 2.77. The SMILES string of the molecule is N#Cc1ccc([C@H]2CC[C@H]([C@H]3CC[C@H](CCCCC/C=C/F)CC3)CC2)cc1. The van der Waals surface area contributed by atoms with E-state index < -0.39 is 0 Å². The second kappa shape index (κ2) is 11.4. The Hall–Kier alpha value is -1.62. The van der Waals surface area contributed by atoms with E-state index in [9.17, 15) is 4.39 Å². The third-order valence-corrected chi connectivity index (χ3v) is 7.41. The van der Waals surface area contributed by atoms with Crippen LogP contribution in [0.2, 0.25) is 0 Å². The van der Waals surface area contributed by atoms with Crippen LogP contribution in [-0.2, 0) is 0 Å². The van der Waals surface area contributed by atoms with Gasteiger partial charge >= 0.3 is 0 Å². The van der Waals surface area contributed by atoms with Crippen molar-refractivity contribution in [3.05, 3.63) is 47.8 Å². The van der Waals surface area contributed by atoms with Crippen molar-refractivity contribution in [2.75, 3.05) is 0 Å². The third kappa shape index (κ3) is 6.20. The van der Waals surface area contributed by atoms with Crippen molar-refractivity contribution >= 4 is 0 Å². The maximum absolute atomic E-state index is 11.9. The molecular weight excluding hydrogens is 345 g/mol. The molecule has 0 N–H and O–H groups in total. The van der Waals surface area contributed by atoms with Crippen molar-refractivity contribution < 1.29 is 4.39 Å². The molecule has 0 aliphatic heterocycles. The minimum atomic E-state index is 0.680. The summed E-state index contributed by atoms with van der Waals surface area (Å²) in [7, 11) is 0. The summed E-state index contributed by atoms with van der Waals surface area (Å²) in [5.74, 6) is 3.56. The largest absolute Gasteiger partial charge is 0.216 e. The topological polar surface area (TPSA) is 23.8 Å². The van der Waals surface area contributed by atoms with Crippen LogP contribution in [0.4, 0.5) is 4.39 Å². The molecule has 2 aliphatic carbocycles. The normalized spacial score (nSPS) is 28.3. The zero-order chi connectivity index (χ0) is 19.6. The molecule has 1 aromatic carbocycles. The first-order valence-corrected chi connectivity index (χ1v) is 11.6. The van der Waals surface area contributed by atoms with Crippen molar-refractivity contribution in [1.82, 2.24) is 0 Å². The molecule has 1 nitrogen and oxygen atoms in total. The quantitative estimate of drug-likeness (QED) is 0.418. The van der Waals surface area contributed by atoms with E-state index in [2.05, 4.69) is 18.2 Å². The highest BCUT2D eigenvalue weighted by Gasteiger charge is 2.31. The Morgan fingerprint density at radius 3 is 2.11 bits per heavy atom. The summed E-state index contributed by atoms with van der Waals surface area (Å²) in [5, 5.41) is 8.96. The Bertz CT molecular complexity index is 625. The number of hydrogen-bond donors (Lipinski definition) is 0. The average molecular weight is 382 g/mol. The summed E-state index contributed by atoms with van der Waals surface area (Å²) >= 11 is 0. The van der Waals surface area contributed by atoms with Gasteiger partial charge in [-0.1, -0.05) is 50.3 Å². The van der Waals surface area contributed by atoms with E-state index >= 15 is 0 Å². The fourth-order valence-electron chi connectivity index (χ4n) is 5.64. The van der Waals surface area contributed by atoms with Crippen LogP contribution in [0.15, 0.2) is 36.7 Å². The van der Waals surface area contributed by atoms with Gasteiger partial charge in [0.2, 0.25) is 0 Å². The summed E-state index contributed by atoms with van der Waals surface area (Å²) in [6.45, 7) is 0. The highest BCUT2D eigenvalue weighted by molar-refractivity contribution is 5.33. The van der Waals surface area contributed by atoms with Gasteiger partial charge in [0.1, 0.15) is 0 Å². The molecule has 28 heavy (non-hydrogen) atoms. The molecule has 0 heterocycles. The van der Waals surface area contributed by atoms with Crippen molar-refractivity contribution in [3.63, 3.8) is 0 Å². The van der Waals surface area contributed by atoms with Crippen LogP contribution >= 0.6 is 0 Å². The fraction of sp³-hybridized carbons (Fsp3) is 0.654. The van der Waals surface area contributed by atoms with Crippen LogP contribution in [-0.4, -0.2) is 0 Å². The Morgan fingerprint density at radius 1 is 0.857 bits per heavy atom. The molecule has 152 valence electrons. The van der Waals surface area contributed by atoms with E-state index in [4.69, 9.17) is 5.26 Å². The lowest BCUT2D eigenvalue weighted by molar-refractivity contribution is 0.155. The molecule has 2 aliphatic rings. The van der Waals surface area contributed by atoms with Crippen molar-refractivity contribution in [3.8, 4) is 6.07 Å². The molecule has 2 saturated carbocycles. The third-order valence-electron chi connectivity index (χ3n) is 7.41. The van der Waals surface area contributed by atoms with Gasteiger partial charge in [-0.25, -0.2) is 4.39 Å². The Labute approximate surface area is 171 Å². The van der Waals surface area contributed by atoms with E-state index in [-0.39, 0.29) is 0 Å². The number of benzene rings is 1. The molecule has 2 fully saturated rings. The Morgan fingerprint density at radius 2 is 1.50 bits per heavy atom. The standard InChI is InChI=1S/C26H36FN/c27-19-5-3-1-2-4-6-21-7-11-23(12-8-21)25-15-17-26(18-16-25)24-13-9-22(20-28)10-14-24/h5,9-10,13-14,19,21,23,25-26H,1-4,6-8,11-12,15-18H2/b19-5+/t21-,23-,25-,26-. The van der Waals surface area contributed by atoms with Crippen molar-refractivity contribution in [2.24, 2.45) is 17.8 Å². The van der Waals surface area contributed by atoms with Gasteiger partial charge in [0.05, 0.1) is 18.0 Å². The van der Waals surface area contributed by atoms with E-state index in [0.29, 0.717) is 12.2 Å². The minimum Gasteiger partial charge on any atom is -0.216 e. The molecule has 0 amide bonds. The number of allylic oxidation sites excluding steroid dienone is 1. The summed E-state index contributed by atoms with van der Waals surface area (Å²) in [5.41, 5.74) is 2.20. The fourth-order valence-corrected chi connectivity index (χ4v) is 5.64. The summed E-state index contributed by atoms with van der Waals surface area (Å²) in [6, 6.07) is 10.5. The first kappa shape index (κ1) is 21.1. The van der Waals surface area contributed by atoms with Gasteiger partial charge in [-0.2, -0.15) is 5.26 Å². The number of nitrogens with zero attached hydrogens (tertiary/aromatic N) is 1. The highest BCUT2D eigenvalue weighted by atomic mass is 19.1. The zero-order valence-corrected chi connectivity index (χ0v) is 17.3. The maximum atomic E-state index is 11.9. The predicted molar refractivity (Wildman–Crippen MR) is 115 cm³/mol. The number of unbranched alkanes of at least 4 members (excludes halogenated alkanes) is 3. The molecule has 2 heteroatoms. The van der Waals surface area contributed by atoms with Gasteiger partial charge in [-0.05, 0) is 92.7 Å². The second-order valence-corrected chi connectivity index (χ2v) is 9.13. The number of rotatable bonds is 8. The molecule has 3 rings (SSSR count). The van der Waals surface area contributed by atoms with E-state index in [1.165, 1.54) is 76.2 Å². The van der Waals surface area contributed by atoms with Gasteiger partial charge in [0.15, 0.2) is 0 Å². The van der Waals surface area contributed by atoms with Gasteiger partial charge in [-0.15, -0.1) is 0 Å². The molecule has 0 spiro atoms.